The molecule has 1 aliphatic heterocycles. The predicted molar refractivity (Wildman–Crippen MR) is 55.4 cm³/mol. The van der Waals surface area contributed by atoms with Crippen LogP contribution in [0, 0.1) is 0 Å². The summed E-state index contributed by atoms with van der Waals surface area (Å²) in [5.74, 6) is 0. The molecular weight excluding hydrogens is 178 g/mol. The second-order valence-electron chi connectivity index (χ2n) is 4.39. The fraction of sp³-hybridized carbons (Fsp3) is 1.00. The van der Waals surface area contributed by atoms with Gasteiger partial charge in [-0.3, -0.25) is 0 Å². The van der Waals surface area contributed by atoms with Crippen LogP contribution in [0.2, 0.25) is 0 Å². The Bertz CT molecular complexity index is 169. The molecule has 82 valence electrons. The number of ether oxygens (including phenoxy) is 2. The van der Waals surface area contributed by atoms with Gasteiger partial charge in [-0.1, -0.05) is 12.8 Å². The third-order valence-corrected chi connectivity index (χ3v) is 3.38. The molecule has 3 atom stereocenters. The quantitative estimate of drug-likeness (QED) is 0.743. The SMILES string of the molecule is COC1CCCCC1NC1CCOC1. The monoisotopic (exact) mass is 199 g/mol. The average molecular weight is 199 g/mol. The lowest BCUT2D eigenvalue weighted by atomic mass is 9.92. The number of rotatable bonds is 3. The molecule has 0 aromatic carbocycles. The lowest BCUT2D eigenvalue weighted by molar-refractivity contribution is 0.0370. The van der Waals surface area contributed by atoms with E-state index in [9.17, 15) is 0 Å². The third kappa shape index (κ3) is 2.47. The van der Waals surface area contributed by atoms with E-state index < -0.39 is 0 Å². The van der Waals surface area contributed by atoms with Gasteiger partial charge in [0.2, 0.25) is 0 Å². The molecule has 14 heavy (non-hydrogen) atoms. The highest BCUT2D eigenvalue weighted by molar-refractivity contribution is 4.85. The molecule has 2 fully saturated rings. The van der Waals surface area contributed by atoms with Crippen LogP contribution in [0.4, 0.5) is 0 Å². The summed E-state index contributed by atoms with van der Waals surface area (Å²) in [7, 11) is 1.83. The maximum absolute atomic E-state index is 5.51. The largest absolute Gasteiger partial charge is 0.380 e. The van der Waals surface area contributed by atoms with Crippen LogP contribution in [0.3, 0.4) is 0 Å². The Hall–Kier alpha value is -0.120. The maximum atomic E-state index is 5.51. The lowest BCUT2D eigenvalue weighted by Gasteiger charge is -2.33. The minimum Gasteiger partial charge on any atom is -0.380 e. The number of nitrogens with one attached hydrogen (secondary N) is 1. The Labute approximate surface area is 86.2 Å². The van der Waals surface area contributed by atoms with Gasteiger partial charge in [0.05, 0.1) is 12.7 Å². The van der Waals surface area contributed by atoms with Crippen molar-refractivity contribution in [3.8, 4) is 0 Å². The predicted octanol–water partition coefficient (Wildman–Crippen LogP) is 1.32. The summed E-state index contributed by atoms with van der Waals surface area (Å²) in [6.07, 6.45) is 6.71. The van der Waals surface area contributed by atoms with Crippen LogP contribution in [-0.4, -0.2) is 38.5 Å². The molecule has 0 radical (unpaired) electrons. The molecule has 3 unspecified atom stereocenters. The van der Waals surface area contributed by atoms with Crippen molar-refractivity contribution in [3.63, 3.8) is 0 Å². The minimum absolute atomic E-state index is 0.421. The number of methoxy groups -OCH3 is 1. The zero-order valence-electron chi connectivity index (χ0n) is 9.00. The average Bonchev–Trinajstić information content (AvgIpc) is 2.71. The zero-order chi connectivity index (χ0) is 9.80. The van der Waals surface area contributed by atoms with Crippen molar-refractivity contribution < 1.29 is 9.47 Å². The van der Waals surface area contributed by atoms with E-state index in [0.717, 1.165) is 19.6 Å². The Morgan fingerprint density at radius 3 is 2.79 bits per heavy atom. The van der Waals surface area contributed by atoms with E-state index in [0.29, 0.717) is 18.2 Å². The normalized spacial score (nSPS) is 38.8. The van der Waals surface area contributed by atoms with Crippen LogP contribution in [0.1, 0.15) is 32.1 Å². The topological polar surface area (TPSA) is 30.5 Å². The van der Waals surface area contributed by atoms with Crippen LogP contribution in [-0.2, 0) is 9.47 Å². The Kier molecular flexibility index (Phi) is 3.79. The molecule has 0 spiro atoms. The van der Waals surface area contributed by atoms with Gasteiger partial charge in [-0.2, -0.15) is 0 Å². The first-order chi connectivity index (χ1) is 6.90. The van der Waals surface area contributed by atoms with Gasteiger partial charge in [0.25, 0.3) is 0 Å². The molecule has 1 aliphatic carbocycles. The van der Waals surface area contributed by atoms with Gasteiger partial charge < -0.3 is 14.8 Å². The van der Waals surface area contributed by atoms with Gasteiger partial charge >= 0.3 is 0 Å². The van der Waals surface area contributed by atoms with Crippen LogP contribution < -0.4 is 5.32 Å². The first kappa shape index (κ1) is 10.4. The fourth-order valence-electron chi connectivity index (χ4n) is 2.54. The van der Waals surface area contributed by atoms with Gasteiger partial charge in [-0.25, -0.2) is 0 Å². The standard InChI is InChI=1S/C11H21NO2/c1-13-11-5-3-2-4-10(11)12-9-6-7-14-8-9/h9-12H,2-8H2,1H3. The van der Waals surface area contributed by atoms with E-state index >= 15 is 0 Å². The Morgan fingerprint density at radius 1 is 1.21 bits per heavy atom. The van der Waals surface area contributed by atoms with E-state index in [4.69, 9.17) is 9.47 Å². The molecule has 0 bridgehead atoms. The van der Waals surface area contributed by atoms with Crippen molar-refractivity contribution in [1.29, 1.82) is 0 Å². The molecule has 2 aliphatic rings. The first-order valence-corrected chi connectivity index (χ1v) is 5.76. The van der Waals surface area contributed by atoms with Gasteiger partial charge in [0, 0.05) is 25.8 Å². The molecule has 3 nitrogen and oxygen atoms in total. The fourth-order valence-corrected chi connectivity index (χ4v) is 2.54. The molecular formula is C11H21NO2. The van der Waals surface area contributed by atoms with Gasteiger partial charge in [-0.05, 0) is 19.3 Å². The van der Waals surface area contributed by atoms with Crippen molar-refractivity contribution in [3.05, 3.63) is 0 Å². The van der Waals surface area contributed by atoms with E-state index in [-0.39, 0.29) is 0 Å². The van der Waals surface area contributed by atoms with Crippen LogP contribution in [0.5, 0.6) is 0 Å². The molecule has 1 N–H and O–H groups in total. The minimum atomic E-state index is 0.421. The number of hydrogen-bond donors (Lipinski definition) is 1. The summed E-state index contributed by atoms with van der Waals surface area (Å²) < 4.78 is 10.9. The van der Waals surface area contributed by atoms with E-state index in [1.54, 1.807) is 0 Å². The number of hydrogen-bond acceptors (Lipinski definition) is 3. The maximum Gasteiger partial charge on any atom is 0.0724 e. The first-order valence-electron chi connectivity index (χ1n) is 5.76. The Balaban J connectivity index is 1.81. The van der Waals surface area contributed by atoms with E-state index in [1.807, 2.05) is 7.11 Å². The van der Waals surface area contributed by atoms with Crippen LogP contribution >= 0.6 is 0 Å². The molecule has 1 heterocycles. The van der Waals surface area contributed by atoms with E-state index in [1.165, 1.54) is 25.7 Å². The highest BCUT2D eigenvalue weighted by atomic mass is 16.5. The van der Waals surface area contributed by atoms with Crippen molar-refractivity contribution in [2.45, 2.75) is 50.3 Å². The summed E-state index contributed by atoms with van der Waals surface area (Å²) in [4.78, 5) is 0. The van der Waals surface area contributed by atoms with E-state index in [2.05, 4.69) is 5.32 Å². The smallest absolute Gasteiger partial charge is 0.0724 e. The summed E-state index contributed by atoms with van der Waals surface area (Å²) in [6, 6.07) is 1.12. The summed E-state index contributed by atoms with van der Waals surface area (Å²) in [5.41, 5.74) is 0. The van der Waals surface area contributed by atoms with Crippen LogP contribution in [0.25, 0.3) is 0 Å². The molecule has 3 heteroatoms. The second kappa shape index (κ2) is 5.10. The summed E-state index contributed by atoms with van der Waals surface area (Å²) in [5, 5.41) is 3.67. The van der Waals surface area contributed by atoms with Crippen molar-refractivity contribution in [2.24, 2.45) is 0 Å². The Morgan fingerprint density at radius 2 is 2.07 bits per heavy atom. The molecule has 1 saturated heterocycles. The molecule has 0 aromatic rings. The second-order valence-corrected chi connectivity index (χ2v) is 4.39. The van der Waals surface area contributed by atoms with Crippen molar-refractivity contribution >= 4 is 0 Å². The summed E-state index contributed by atoms with van der Waals surface area (Å²) in [6.45, 7) is 1.80. The highest BCUT2D eigenvalue weighted by Gasteiger charge is 2.28. The molecule has 0 amide bonds. The lowest BCUT2D eigenvalue weighted by Crippen LogP contribution is -2.48. The van der Waals surface area contributed by atoms with Gasteiger partial charge in [0.1, 0.15) is 0 Å². The van der Waals surface area contributed by atoms with Gasteiger partial charge in [-0.15, -0.1) is 0 Å². The van der Waals surface area contributed by atoms with Crippen LogP contribution in [0.15, 0.2) is 0 Å². The van der Waals surface area contributed by atoms with Crippen molar-refractivity contribution in [1.82, 2.24) is 5.32 Å². The highest BCUT2D eigenvalue weighted by Crippen LogP contribution is 2.22. The molecule has 2 rings (SSSR count). The van der Waals surface area contributed by atoms with Crippen molar-refractivity contribution in [2.75, 3.05) is 20.3 Å². The van der Waals surface area contributed by atoms with Gasteiger partial charge in [0.15, 0.2) is 0 Å². The summed E-state index contributed by atoms with van der Waals surface area (Å²) >= 11 is 0. The molecule has 1 saturated carbocycles. The zero-order valence-corrected chi connectivity index (χ0v) is 9.00. The molecule has 0 aromatic heterocycles. The third-order valence-electron chi connectivity index (χ3n) is 3.38.